The number of carbonyl (C=O) groups is 2. The molecule has 0 saturated carbocycles. The van der Waals surface area contributed by atoms with Crippen molar-refractivity contribution < 1.29 is 28.9 Å². The first-order valence-electron chi connectivity index (χ1n) is 11.4. The van der Waals surface area contributed by atoms with Gasteiger partial charge in [-0.25, -0.2) is 4.98 Å². The number of anilines is 1. The molecule has 1 aromatic heterocycles. The third-order valence-corrected chi connectivity index (χ3v) is 7.29. The predicted octanol–water partition coefficient (Wildman–Crippen LogP) is 5.26. The molecule has 1 atom stereocenters. The van der Waals surface area contributed by atoms with Crippen LogP contribution >= 0.6 is 11.3 Å². The minimum absolute atomic E-state index is 0.0437. The van der Waals surface area contributed by atoms with Gasteiger partial charge in [-0.3, -0.25) is 14.5 Å². The zero-order valence-corrected chi connectivity index (χ0v) is 21.5. The molecule has 1 fully saturated rings. The highest BCUT2D eigenvalue weighted by Gasteiger charge is 2.48. The van der Waals surface area contributed by atoms with E-state index in [4.69, 9.17) is 14.2 Å². The third-order valence-electron chi connectivity index (χ3n) is 6.27. The molecule has 1 aliphatic rings. The van der Waals surface area contributed by atoms with E-state index in [1.165, 1.54) is 37.6 Å². The number of hydrogen-bond acceptors (Lipinski definition) is 8. The van der Waals surface area contributed by atoms with Gasteiger partial charge in [0.15, 0.2) is 16.6 Å². The molecular formula is C28H24N2O6S. The molecule has 0 unspecified atom stereocenters. The standard InChI is InChI=1S/C28H24N2O6S/c1-15-5-11-19-22(13-15)37-28(29-19)30-24(17-8-12-20(35-3)21(14-17)36-4)23(26(32)27(30)33)25(31)16-6-9-18(34-2)10-7-16/h5-14,24,31H,1-4H3/t24-/m0/s1. The highest BCUT2D eigenvalue weighted by molar-refractivity contribution is 7.22. The first-order valence-corrected chi connectivity index (χ1v) is 12.2. The summed E-state index contributed by atoms with van der Waals surface area (Å²) in [6.45, 7) is 1.98. The lowest BCUT2D eigenvalue weighted by atomic mass is 9.95. The van der Waals surface area contributed by atoms with Gasteiger partial charge in [-0.05, 0) is 66.6 Å². The maximum atomic E-state index is 13.5. The quantitative estimate of drug-likeness (QED) is 0.212. The SMILES string of the molecule is COc1ccc(C(O)=C2C(=O)C(=O)N(c3nc4ccc(C)cc4s3)[C@H]2c2ccc(OC)c(OC)c2)cc1. The van der Waals surface area contributed by atoms with Gasteiger partial charge in [0.25, 0.3) is 5.78 Å². The molecule has 1 N–H and O–H groups in total. The van der Waals surface area contributed by atoms with Gasteiger partial charge in [-0.1, -0.05) is 23.5 Å². The van der Waals surface area contributed by atoms with Gasteiger partial charge in [-0.2, -0.15) is 0 Å². The maximum absolute atomic E-state index is 13.5. The number of aliphatic hydroxyl groups excluding tert-OH is 1. The molecule has 37 heavy (non-hydrogen) atoms. The molecule has 8 nitrogen and oxygen atoms in total. The van der Waals surface area contributed by atoms with Gasteiger partial charge in [0.05, 0.1) is 43.2 Å². The number of Topliss-reactive ketones (excluding diaryl/α,β-unsaturated/α-hetero) is 1. The number of amides is 1. The van der Waals surface area contributed by atoms with Crippen molar-refractivity contribution in [1.29, 1.82) is 0 Å². The van der Waals surface area contributed by atoms with Crippen molar-refractivity contribution >= 4 is 44.1 Å². The van der Waals surface area contributed by atoms with Crippen LogP contribution in [-0.2, 0) is 9.59 Å². The summed E-state index contributed by atoms with van der Waals surface area (Å²) >= 11 is 1.31. The van der Waals surface area contributed by atoms with E-state index >= 15 is 0 Å². The second kappa shape index (κ2) is 9.59. The van der Waals surface area contributed by atoms with Crippen LogP contribution in [0.3, 0.4) is 0 Å². The first-order chi connectivity index (χ1) is 17.9. The minimum atomic E-state index is -0.941. The van der Waals surface area contributed by atoms with Crippen LogP contribution in [0.15, 0.2) is 66.2 Å². The van der Waals surface area contributed by atoms with Crippen molar-refractivity contribution in [3.8, 4) is 17.2 Å². The monoisotopic (exact) mass is 516 g/mol. The summed E-state index contributed by atoms with van der Waals surface area (Å²) in [5, 5.41) is 11.7. The van der Waals surface area contributed by atoms with Gasteiger partial charge >= 0.3 is 5.91 Å². The molecule has 1 amide bonds. The Labute approximate surface area is 217 Å². The number of aryl methyl sites for hydroxylation is 1. The molecule has 188 valence electrons. The zero-order chi connectivity index (χ0) is 26.3. The van der Waals surface area contributed by atoms with Crippen LogP contribution < -0.4 is 19.1 Å². The van der Waals surface area contributed by atoms with E-state index < -0.39 is 17.7 Å². The molecule has 2 heterocycles. The van der Waals surface area contributed by atoms with Crippen molar-refractivity contribution in [3.63, 3.8) is 0 Å². The van der Waals surface area contributed by atoms with Crippen LogP contribution in [0, 0.1) is 6.92 Å². The highest BCUT2D eigenvalue weighted by Crippen LogP contribution is 2.46. The number of benzene rings is 3. The maximum Gasteiger partial charge on any atom is 0.301 e. The number of fused-ring (bicyclic) bond motifs is 1. The topological polar surface area (TPSA) is 98.2 Å². The zero-order valence-electron chi connectivity index (χ0n) is 20.6. The first kappa shape index (κ1) is 24.3. The summed E-state index contributed by atoms with van der Waals surface area (Å²) in [6.07, 6.45) is 0. The number of thiazole rings is 1. The van der Waals surface area contributed by atoms with Crippen molar-refractivity contribution in [2.75, 3.05) is 26.2 Å². The molecule has 0 spiro atoms. The summed E-state index contributed by atoms with van der Waals surface area (Å²) in [5.41, 5.74) is 2.67. The minimum Gasteiger partial charge on any atom is -0.507 e. The Kier molecular flexibility index (Phi) is 6.31. The number of aliphatic hydroxyl groups is 1. The lowest BCUT2D eigenvalue weighted by Crippen LogP contribution is -2.29. The summed E-state index contributed by atoms with van der Waals surface area (Å²) < 4.78 is 16.9. The molecule has 0 bridgehead atoms. The molecule has 5 rings (SSSR count). The lowest BCUT2D eigenvalue weighted by Gasteiger charge is -2.23. The molecule has 0 radical (unpaired) electrons. The Morgan fingerprint density at radius 2 is 1.65 bits per heavy atom. The highest BCUT2D eigenvalue weighted by atomic mass is 32.1. The Bertz CT molecular complexity index is 1560. The van der Waals surface area contributed by atoms with Gasteiger partial charge in [-0.15, -0.1) is 0 Å². The third kappa shape index (κ3) is 4.17. The van der Waals surface area contributed by atoms with Gasteiger partial charge in [0, 0.05) is 5.56 Å². The van der Waals surface area contributed by atoms with Gasteiger partial charge < -0.3 is 19.3 Å². The normalized spacial score (nSPS) is 16.9. The summed E-state index contributed by atoms with van der Waals surface area (Å²) in [7, 11) is 4.57. The second-order valence-electron chi connectivity index (χ2n) is 8.48. The van der Waals surface area contributed by atoms with Crippen LogP contribution in [0.25, 0.3) is 16.0 Å². The summed E-state index contributed by atoms with van der Waals surface area (Å²) in [5.74, 6) is -0.351. The molecule has 0 aliphatic carbocycles. The number of methoxy groups -OCH3 is 3. The smallest absolute Gasteiger partial charge is 0.301 e. The van der Waals surface area contributed by atoms with E-state index in [1.54, 1.807) is 42.5 Å². The van der Waals surface area contributed by atoms with E-state index in [2.05, 4.69) is 4.98 Å². The van der Waals surface area contributed by atoms with Gasteiger partial charge in [0.1, 0.15) is 11.5 Å². The van der Waals surface area contributed by atoms with Crippen LogP contribution in [-0.4, -0.2) is 43.1 Å². The fraction of sp³-hybridized carbons (Fsp3) is 0.179. The Morgan fingerprint density at radius 1 is 0.919 bits per heavy atom. The molecule has 1 saturated heterocycles. The Hall–Kier alpha value is -4.37. The van der Waals surface area contributed by atoms with Crippen LogP contribution in [0.1, 0.15) is 22.7 Å². The van der Waals surface area contributed by atoms with Crippen LogP contribution in [0.5, 0.6) is 17.2 Å². The molecule has 1 aliphatic heterocycles. The molecule has 9 heteroatoms. The van der Waals surface area contributed by atoms with E-state index in [0.717, 1.165) is 10.3 Å². The predicted molar refractivity (Wildman–Crippen MR) is 142 cm³/mol. The number of carbonyl (C=O) groups excluding carboxylic acids is 2. The van der Waals surface area contributed by atoms with Gasteiger partial charge in [0.2, 0.25) is 0 Å². The van der Waals surface area contributed by atoms with Crippen LogP contribution in [0.2, 0.25) is 0 Å². The molecular weight excluding hydrogens is 492 g/mol. The van der Waals surface area contributed by atoms with Crippen molar-refractivity contribution in [1.82, 2.24) is 4.98 Å². The largest absolute Gasteiger partial charge is 0.507 e. The number of ether oxygens (including phenoxy) is 3. The Balaban J connectivity index is 1.73. The summed E-state index contributed by atoms with van der Waals surface area (Å²) in [6, 6.07) is 16.6. The van der Waals surface area contributed by atoms with E-state index in [9.17, 15) is 14.7 Å². The average Bonchev–Trinajstić information content (AvgIpc) is 3.45. The number of rotatable bonds is 6. The number of nitrogens with zero attached hydrogens (tertiary/aromatic N) is 2. The van der Waals surface area contributed by atoms with Crippen LogP contribution in [0.4, 0.5) is 5.13 Å². The number of aromatic nitrogens is 1. The fourth-order valence-corrected chi connectivity index (χ4v) is 5.49. The fourth-order valence-electron chi connectivity index (χ4n) is 4.40. The number of ketones is 1. The van der Waals surface area contributed by atoms with Crippen molar-refractivity contribution in [2.24, 2.45) is 0 Å². The Morgan fingerprint density at radius 3 is 2.32 bits per heavy atom. The van der Waals surface area contributed by atoms with Crippen molar-refractivity contribution in [2.45, 2.75) is 13.0 Å². The molecule has 3 aromatic carbocycles. The average molecular weight is 517 g/mol. The molecule has 4 aromatic rings. The van der Waals surface area contributed by atoms with E-state index in [0.29, 0.717) is 39.0 Å². The van der Waals surface area contributed by atoms with Crippen molar-refractivity contribution in [3.05, 3.63) is 82.9 Å². The lowest BCUT2D eigenvalue weighted by molar-refractivity contribution is -0.132. The second-order valence-corrected chi connectivity index (χ2v) is 9.49. The van der Waals surface area contributed by atoms with E-state index in [-0.39, 0.29) is 11.3 Å². The summed E-state index contributed by atoms with van der Waals surface area (Å²) in [4.78, 5) is 32.9. The number of hydrogen-bond donors (Lipinski definition) is 1. The van der Waals surface area contributed by atoms with E-state index in [1.807, 2.05) is 25.1 Å².